The molecule has 0 aromatic heterocycles. The van der Waals surface area contributed by atoms with E-state index in [4.69, 9.17) is 16.3 Å². The fraction of sp³-hybridized carbons (Fsp3) is 0.174. The van der Waals surface area contributed by atoms with Crippen LogP contribution in [-0.2, 0) is 23.2 Å². The number of carbonyl (C=O) groups excluding carboxylic acids is 1. The van der Waals surface area contributed by atoms with Crippen LogP contribution in [0.2, 0.25) is 5.02 Å². The molecule has 1 amide bonds. The van der Waals surface area contributed by atoms with E-state index < -0.39 is 23.3 Å². The molecule has 160 valence electrons. The molecule has 0 bridgehead atoms. The van der Waals surface area contributed by atoms with Crippen LogP contribution in [0, 0.1) is 0 Å². The van der Waals surface area contributed by atoms with Gasteiger partial charge in [0.05, 0.1) is 24.9 Å². The number of carbonyl (C=O) groups is 1. The number of nitrogens with zero attached hydrogens (tertiary/aromatic N) is 1. The highest BCUT2D eigenvalue weighted by Gasteiger charge is 2.55. The minimum atomic E-state index is -4.65. The van der Waals surface area contributed by atoms with E-state index in [-0.39, 0.29) is 34.1 Å². The van der Waals surface area contributed by atoms with E-state index in [2.05, 4.69) is 0 Å². The minimum Gasteiger partial charge on any atom is -0.496 e. The van der Waals surface area contributed by atoms with Crippen molar-refractivity contribution in [1.82, 2.24) is 0 Å². The molecular weight excluding hydrogens is 434 g/mol. The topological polar surface area (TPSA) is 29.5 Å². The normalized spacial score (nSPS) is 18.3. The molecule has 0 N–H and O–H groups in total. The van der Waals surface area contributed by atoms with Crippen LogP contribution >= 0.6 is 11.6 Å². The van der Waals surface area contributed by atoms with Crippen molar-refractivity contribution in [1.29, 1.82) is 0 Å². The molecule has 0 saturated carbocycles. The second kappa shape index (κ2) is 7.57. The summed E-state index contributed by atoms with van der Waals surface area (Å²) in [5.74, 6) is -0.945. The Bertz CT molecular complexity index is 1150. The Balaban J connectivity index is 1.94. The molecule has 0 fully saturated rings. The van der Waals surface area contributed by atoms with E-state index in [0.29, 0.717) is 5.56 Å². The molecule has 1 heterocycles. The van der Waals surface area contributed by atoms with Gasteiger partial charge in [-0.15, -0.1) is 0 Å². The van der Waals surface area contributed by atoms with Gasteiger partial charge in [0, 0.05) is 16.1 Å². The largest absolute Gasteiger partial charge is 0.496 e. The standard InChI is InChI=1S/C23H16ClF4NO2/c1-31-20-10-8-16(24)12-18(20)22(25)17-9-7-15(23(26,27)28)11-19(17)29(21(22)30)13-14-5-3-2-4-6-14/h2-12H,13H2,1H3. The number of amides is 1. The maximum Gasteiger partial charge on any atom is 0.416 e. The Morgan fingerprint density at radius 1 is 1.00 bits per heavy atom. The van der Waals surface area contributed by atoms with Gasteiger partial charge < -0.3 is 9.64 Å². The van der Waals surface area contributed by atoms with Crippen molar-refractivity contribution in [3.63, 3.8) is 0 Å². The average Bonchev–Trinajstić information content (AvgIpc) is 2.96. The summed E-state index contributed by atoms with van der Waals surface area (Å²) in [5, 5.41) is 0.163. The van der Waals surface area contributed by atoms with E-state index >= 15 is 4.39 Å². The van der Waals surface area contributed by atoms with Crippen molar-refractivity contribution < 1.29 is 27.1 Å². The summed E-state index contributed by atoms with van der Waals surface area (Å²) in [6, 6.07) is 15.3. The third kappa shape index (κ3) is 3.53. The molecule has 3 aromatic carbocycles. The predicted octanol–water partition coefficient (Wildman–Crippen LogP) is 6.13. The maximum absolute atomic E-state index is 16.6. The monoisotopic (exact) mass is 449 g/mol. The lowest BCUT2D eigenvalue weighted by Crippen LogP contribution is -2.38. The molecule has 4 rings (SSSR count). The maximum atomic E-state index is 16.6. The zero-order chi connectivity index (χ0) is 22.4. The van der Waals surface area contributed by atoms with Crippen molar-refractivity contribution in [2.75, 3.05) is 12.0 Å². The summed E-state index contributed by atoms with van der Waals surface area (Å²) in [4.78, 5) is 14.4. The van der Waals surface area contributed by atoms with Gasteiger partial charge in [-0.05, 0) is 35.9 Å². The van der Waals surface area contributed by atoms with Crippen LogP contribution < -0.4 is 9.64 Å². The molecule has 0 saturated heterocycles. The molecule has 3 aromatic rings. The third-order valence-corrected chi connectivity index (χ3v) is 5.48. The summed E-state index contributed by atoms with van der Waals surface area (Å²) in [7, 11) is 1.31. The average molecular weight is 450 g/mol. The molecule has 3 nitrogen and oxygen atoms in total. The second-order valence-corrected chi connectivity index (χ2v) is 7.55. The van der Waals surface area contributed by atoms with E-state index in [1.807, 2.05) is 0 Å². The highest BCUT2D eigenvalue weighted by atomic mass is 35.5. The van der Waals surface area contributed by atoms with Crippen LogP contribution in [0.4, 0.5) is 23.2 Å². The van der Waals surface area contributed by atoms with Crippen LogP contribution in [-0.4, -0.2) is 13.0 Å². The first-order chi connectivity index (χ1) is 14.7. The van der Waals surface area contributed by atoms with Crippen molar-refractivity contribution in [2.45, 2.75) is 18.4 Å². The molecule has 0 aliphatic carbocycles. The first-order valence-corrected chi connectivity index (χ1v) is 9.64. The van der Waals surface area contributed by atoms with E-state index in [9.17, 15) is 18.0 Å². The predicted molar refractivity (Wildman–Crippen MR) is 109 cm³/mol. The zero-order valence-corrected chi connectivity index (χ0v) is 17.0. The van der Waals surface area contributed by atoms with E-state index in [1.54, 1.807) is 30.3 Å². The summed E-state index contributed by atoms with van der Waals surface area (Å²) < 4.78 is 61.9. The van der Waals surface area contributed by atoms with Crippen LogP contribution in [0.15, 0.2) is 66.7 Å². The van der Waals surface area contributed by atoms with Crippen molar-refractivity contribution in [2.24, 2.45) is 0 Å². The van der Waals surface area contributed by atoms with Gasteiger partial charge in [-0.2, -0.15) is 13.2 Å². The van der Waals surface area contributed by atoms with Gasteiger partial charge in [0.2, 0.25) is 5.67 Å². The zero-order valence-electron chi connectivity index (χ0n) is 16.2. The number of halogens is 5. The van der Waals surface area contributed by atoms with Crippen molar-refractivity contribution >= 4 is 23.2 Å². The molecule has 31 heavy (non-hydrogen) atoms. The number of hydrogen-bond donors (Lipinski definition) is 0. The lowest BCUT2D eigenvalue weighted by atomic mass is 9.88. The number of rotatable bonds is 4. The molecule has 0 radical (unpaired) electrons. The lowest BCUT2D eigenvalue weighted by molar-refractivity contribution is -0.137. The fourth-order valence-electron chi connectivity index (χ4n) is 3.77. The van der Waals surface area contributed by atoms with Crippen LogP contribution in [0.3, 0.4) is 0 Å². The van der Waals surface area contributed by atoms with Gasteiger partial charge in [0.15, 0.2) is 0 Å². The van der Waals surface area contributed by atoms with Gasteiger partial charge in [-0.1, -0.05) is 48.0 Å². The van der Waals surface area contributed by atoms with Gasteiger partial charge in [0.1, 0.15) is 5.75 Å². The van der Waals surface area contributed by atoms with Crippen LogP contribution in [0.1, 0.15) is 22.3 Å². The first-order valence-electron chi connectivity index (χ1n) is 9.27. The van der Waals surface area contributed by atoms with Crippen molar-refractivity contribution in [3.05, 3.63) is 94.0 Å². The number of methoxy groups -OCH3 is 1. The highest BCUT2D eigenvalue weighted by Crippen LogP contribution is 2.51. The van der Waals surface area contributed by atoms with Gasteiger partial charge in [0.25, 0.3) is 5.91 Å². The first kappa shape index (κ1) is 21.2. The van der Waals surface area contributed by atoms with E-state index in [1.165, 1.54) is 25.3 Å². The van der Waals surface area contributed by atoms with Crippen LogP contribution in [0.5, 0.6) is 5.75 Å². The molecular formula is C23H16ClF4NO2. The van der Waals surface area contributed by atoms with E-state index in [0.717, 1.165) is 23.1 Å². The minimum absolute atomic E-state index is 0.0626. The van der Waals surface area contributed by atoms with Crippen LogP contribution in [0.25, 0.3) is 0 Å². The summed E-state index contributed by atoms with van der Waals surface area (Å²) >= 11 is 6.04. The number of ether oxygens (including phenoxy) is 1. The Labute approximate surface area is 180 Å². The number of hydrogen-bond acceptors (Lipinski definition) is 2. The molecule has 1 unspecified atom stereocenters. The quantitative estimate of drug-likeness (QED) is 0.449. The van der Waals surface area contributed by atoms with Gasteiger partial charge in [-0.25, -0.2) is 4.39 Å². The molecule has 1 aliphatic rings. The van der Waals surface area contributed by atoms with Gasteiger partial charge >= 0.3 is 6.18 Å². The molecule has 1 atom stereocenters. The fourth-order valence-corrected chi connectivity index (χ4v) is 3.94. The smallest absolute Gasteiger partial charge is 0.416 e. The molecule has 1 aliphatic heterocycles. The summed E-state index contributed by atoms with van der Waals surface area (Å²) in [6.45, 7) is -0.0947. The molecule has 8 heteroatoms. The number of benzene rings is 3. The Hall–Kier alpha value is -3.06. The Morgan fingerprint density at radius 3 is 2.35 bits per heavy atom. The van der Waals surface area contributed by atoms with Crippen molar-refractivity contribution in [3.8, 4) is 5.75 Å². The number of fused-ring (bicyclic) bond motifs is 1. The summed E-state index contributed by atoms with van der Waals surface area (Å²) in [5.41, 5.74) is -3.59. The Morgan fingerprint density at radius 2 is 1.71 bits per heavy atom. The number of anilines is 1. The summed E-state index contributed by atoms with van der Waals surface area (Å²) in [6.07, 6.45) is -4.65. The second-order valence-electron chi connectivity index (χ2n) is 7.11. The van der Waals surface area contributed by atoms with Gasteiger partial charge in [-0.3, -0.25) is 4.79 Å². The molecule has 0 spiro atoms. The lowest BCUT2D eigenvalue weighted by Gasteiger charge is -2.23. The number of alkyl halides is 4. The SMILES string of the molecule is COc1ccc(Cl)cc1C1(F)C(=O)N(Cc2ccccc2)c2cc(C(F)(F)F)ccc21. The third-order valence-electron chi connectivity index (χ3n) is 5.24. The Kier molecular flexibility index (Phi) is 5.17. The highest BCUT2D eigenvalue weighted by molar-refractivity contribution is 6.30.